The predicted molar refractivity (Wildman–Crippen MR) is 134 cm³/mol. The van der Waals surface area contributed by atoms with Gasteiger partial charge in [-0.2, -0.15) is 0 Å². The van der Waals surface area contributed by atoms with Crippen molar-refractivity contribution in [1.29, 1.82) is 4.78 Å². The van der Waals surface area contributed by atoms with E-state index in [1.807, 2.05) is 45.0 Å². The molecule has 4 rings (SSSR count). The first-order valence-electron chi connectivity index (χ1n) is 11.9. The van der Waals surface area contributed by atoms with Gasteiger partial charge in [0.15, 0.2) is 5.76 Å². The van der Waals surface area contributed by atoms with E-state index in [9.17, 15) is 13.7 Å². The highest BCUT2D eigenvalue weighted by atomic mass is 32.3. The summed E-state index contributed by atoms with van der Waals surface area (Å²) in [5.41, 5.74) is 2.26. The summed E-state index contributed by atoms with van der Waals surface area (Å²) in [6, 6.07) is 8.00. The Morgan fingerprint density at radius 1 is 1.24 bits per heavy atom. The van der Waals surface area contributed by atoms with Crippen molar-refractivity contribution >= 4 is 21.8 Å². The summed E-state index contributed by atoms with van der Waals surface area (Å²) in [7, 11) is -1.15. The fourth-order valence-corrected chi connectivity index (χ4v) is 6.22. The van der Waals surface area contributed by atoms with Crippen LogP contribution in [-0.2, 0) is 25.1 Å². The summed E-state index contributed by atoms with van der Waals surface area (Å²) in [5.74, 6) is 0.973. The van der Waals surface area contributed by atoms with Gasteiger partial charge in [0.2, 0.25) is 5.89 Å². The molecule has 1 aromatic heterocycles. The average Bonchev–Trinajstić information content (AvgIpc) is 3.24. The van der Waals surface area contributed by atoms with E-state index in [1.54, 1.807) is 0 Å². The quantitative estimate of drug-likeness (QED) is 0.411. The number of aromatic nitrogens is 1. The molecule has 9 heteroatoms. The number of oxazole rings is 1. The fourth-order valence-electron chi connectivity index (χ4n) is 4.85. The van der Waals surface area contributed by atoms with Crippen LogP contribution in [0, 0.1) is 10.7 Å². The van der Waals surface area contributed by atoms with Crippen LogP contribution >= 0.6 is 0 Å². The summed E-state index contributed by atoms with van der Waals surface area (Å²) in [6.07, 6.45) is 0.00172. The van der Waals surface area contributed by atoms with Crippen LogP contribution in [0.5, 0.6) is 0 Å². The van der Waals surface area contributed by atoms with Crippen molar-refractivity contribution in [2.24, 2.45) is 5.92 Å². The number of esters is 1. The Labute approximate surface area is 201 Å². The van der Waals surface area contributed by atoms with Gasteiger partial charge in [0.25, 0.3) is 0 Å². The minimum Gasteiger partial charge on any atom is -0.469 e. The number of carbonyl (C=O) groups is 1. The summed E-state index contributed by atoms with van der Waals surface area (Å²) in [4.78, 5) is 19.6. The molecule has 0 bridgehead atoms. The lowest BCUT2D eigenvalue weighted by Crippen LogP contribution is -2.42. The first kappa shape index (κ1) is 24.9. The van der Waals surface area contributed by atoms with Crippen LogP contribution in [0.15, 0.2) is 28.7 Å². The number of halogens is 1. The van der Waals surface area contributed by atoms with Crippen LogP contribution in [0.4, 0.5) is 10.1 Å². The van der Waals surface area contributed by atoms with E-state index >= 15 is 0 Å². The average molecular weight is 494 g/mol. The monoisotopic (exact) mass is 493 g/mol. The molecule has 2 aliphatic rings. The lowest BCUT2D eigenvalue weighted by Gasteiger charge is -2.36. The number of rotatable bonds is 4. The summed E-state index contributed by atoms with van der Waals surface area (Å²) >= 11 is 0. The Kier molecular flexibility index (Phi) is 6.88. The number of ether oxygens (including phenoxy) is 1. The number of alkyl halides is 1. The largest absolute Gasteiger partial charge is 0.469 e. The highest BCUT2D eigenvalue weighted by molar-refractivity contribution is 7.98. The summed E-state index contributed by atoms with van der Waals surface area (Å²) in [5, 5.41) is 0. The van der Waals surface area contributed by atoms with Crippen molar-refractivity contribution in [3.05, 3.63) is 35.9 Å². The van der Waals surface area contributed by atoms with E-state index in [1.165, 1.54) is 7.11 Å². The Balaban J connectivity index is 1.68. The normalized spacial score (nSPS) is 26.2. The third-order valence-corrected chi connectivity index (χ3v) is 8.79. The van der Waals surface area contributed by atoms with E-state index in [0.717, 1.165) is 11.3 Å². The predicted octanol–water partition coefficient (Wildman–Crippen LogP) is 4.98. The van der Waals surface area contributed by atoms with Gasteiger partial charge < -0.3 is 18.6 Å². The Morgan fingerprint density at radius 2 is 1.88 bits per heavy atom. The summed E-state index contributed by atoms with van der Waals surface area (Å²) < 4.78 is 43.5. The van der Waals surface area contributed by atoms with Crippen LogP contribution in [0.2, 0.25) is 0 Å². The molecular formula is C25H36FN3O4S. The molecule has 2 heterocycles. The maximum absolute atomic E-state index is 14.2. The van der Waals surface area contributed by atoms with Crippen molar-refractivity contribution in [2.75, 3.05) is 36.6 Å². The molecule has 1 saturated heterocycles. The van der Waals surface area contributed by atoms with Crippen LogP contribution < -0.4 is 4.90 Å². The number of hydrogen-bond acceptors (Lipinski definition) is 6. The number of hydrogen-bond donors (Lipinski definition) is 3. The summed E-state index contributed by atoms with van der Waals surface area (Å²) in [6.45, 7) is 7.42. The Morgan fingerprint density at radius 3 is 2.47 bits per heavy atom. The third-order valence-electron chi connectivity index (χ3n) is 6.91. The van der Waals surface area contributed by atoms with Gasteiger partial charge in [-0.3, -0.25) is 9.57 Å². The highest BCUT2D eigenvalue weighted by Gasteiger charge is 2.41. The zero-order valence-electron chi connectivity index (χ0n) is 20.4. The van der Waals surface area contributed by atoms with Crippen LogP contribution in [0.3, 0.4) is 0 Å². The molecule has 7 nitrogen and oxygen atoms in total. The van der Waals surface area contributed by atoms with Gasteiger partial charge in [0.1, 0.15) is 6.17 Å². The second-order valence-corrected chi connectivity index (χ2v) is 13.3. The molecule has 34 heavy (non-hydrogen) atoms. The molecule has 0 radical (unpaired) electrons. The van der Waals surface area contributed by atoms with Gasteiger partial charge in [-0.1, -0.05) is 20.8 Å². The molecule has 0 spiro atoms. The topological polar surface area (TPSA) is 99.7 Å². The number of nitrogens with one attached hydrogen (secondary N) is 1. The zero-order chi connectivity index (χ0) is 24.7. The molecular weight excluding hydrogens is 457 g/mol. The smallest absolute Gasteiger partial charge is 0.309 e. The number of carbonyl (C=O) groups excluding carboxylic acids is 1. The minimum atomic E-state index is -2.49. The molecule has 0 amide bonds. The van der Waals surface area contributed by atoms with Gasteiger partial charge in [0, 0.05) is 47.2 Å². The maximum Gasteiger partial charge on any atom is 0.309 e. The molecule has 2 N–H and O–H groups in total. The lowest BCUT2D eigenvalue weighted by molar-refractivity contribution is -0.148. The number of thiol groups is 1. The molecule has 1 aromatic carbocycles. The number of benzene rings is 1. The first-order chi connectivity index (χ1) is 16.0. The lowest BCUT2D eigenvalue weighted by atomic mass is 9.76. The first-order valence-corrected chi connectivity index (χ1v) is 14.0. The number of anilines is 1. The van der Waals surface area contributed by atoms with Crippen molar-refractivity contribution in [2.45, 2.75) is 57.5 Å². The highest BCUT2D eigenvalue weighted by Crippen LogP contribution is 2.44. The maximum atomic E-state index is 14.2. The minimum absolute atomic E-state index is 0.132. The van der Waals surface area contributed by atoms with Gasteiger partial charge in [-0.05, 0) is 43.5 Å². The second-order valence-electron chi connectivity index (χ2n) is 10.5. The van der Waals surface area contributed by atoms with E-state index in [-0.39, 0.29) is 17.8 Å². The standard InChI is InChI=1S/C25H36FN3O4S/c1-25(2,3)24-28-21(19-10-7-17(26)15-20(19)23(30)32-4)22(33-24)16-5-8-18(9-6-16)29-11-13-34(27,31)14-12-29/h5-6,8-9,17,19-20,34H,7,10-15H2,1-4H3,(H2,27,31). The number of methoxy groups -OCH3 is 1. The molecule has 1 aliphatic heterocycles. The number of nitrogens with zero attached hydrogens (tertiary/aromatic N) is 2. The van der Waals surface area contributed by atoms with E-state index in [0.29, 0.717) is 54.8 Å². The third kappa shape index (κ3) is 5.20. The second kappa shape index (κ2) is 9.41. The van der Waals surface area contributed by atoms with Crippen molar-refractivity contribution in [3.63, 3.8) is 0 Å². The molecule has 2 aromatic rings. The van der Waals surface area contributed by atoms with Crippen LogP contribution in [0.1, 0.15) is 57.5 Å². The Bertz CT molecular complexity index is 1070. The van der Waals surface area contributed by atoms with Crippen LogP contribution in [0.25, 0.3) is 11.3 Å². The van der Waals surface area contributed by atoms with E-state index < -0.39 is 28.2 Å². The molecule has 3 atom stereocenters. The van der Waals surface area contributed by atoms with Crippen molar-refractivity contribution in [1.82, 2.24) is 4.98 Å². The molecule has 188 valence electrons. The van der Waals surface area contributed by atoms with Gasteiger partial charge >= 0.3 is 5.97 Å². The SMILES string of the molecule is COC(=O)C1CC(F)CCC1c1nc(C(C)(C)C)oc1-c1ccc(N2CC[SH](=N)(O)CC2)cc1. The fraction of sp³-hybridized carbons (Fsp3) is 0.600. The molecule has 2 fully saturated rings. The van der Waals surface area contributed by atoms with Crippen LogP contribution in [-0.4, -0.2) is 53.4 Å². The molecule has 1 saturated carbocycles. The Hall–Kier alpha value is -2.26. The van der Waals surface area contributed by atoms with Gasteiger partial charge in [-0.25, -0.2) is 9.37 Å². The van der Waals surface area contributed by atoms with Gasteiger partial charge in [0.05, 0.1) is 18.7 Å². The molecule has 1 aliphatic carbocycles. The van der Waals surface area contributed by atoms with Crippen molar-refractivity contribution < 1.29 is 22.9 Å². The van der Waals surface area contributed by atoms with E-state index in [2.05, 4.69) is 4.90 Å². The van der Waals surface area contributed by atoms with E-state index in [4.69, 9.17) is 18.9 Å². The van der Waals surface area contributed by atoms with Gasteiger partial charge in [-0.15, -0.1) is 10.1 Å². The molecule has 3 unspecified atom stereocenters. The van der Waals surface area contributed by atoms with Crippen molar-refractivity contribution in [3.8, 4) is 11.3 Å². The zero-order valence-corrected chi connectivity index (χ0v) is 21.3.